The van der Waals surface area contributed by atoms with Crippen LogP contribution in [0.3, 0.4) is 0 Å². The highest BCUT2D eigenvalue weighted by atomic mass is 16.5. The summed E-state index contributed by atoms with van der Waals surface area (Å²) in [5, 5.41) is 21.1. The van der Waals surface area contributed by atoms with Crippen LogP contribution in [0.5, 0.6) is 0 Å². The first-order valence-corrected chi connectivity index (χ1v) is 8.02. The average Bonchev–Trinajstić information content (AvgIpc) is 3.14. The van der Waals surface area contributed by atoms with Crippen LogP contribution in [0.15, 0.2) is 66.3 Å². The SMILES string of the molecule is N#CC1=C(N)OC(c2ccccc2)=C(n2nnnc2N)[C@H]1c1cccnc1. The van der Waals surface area contributed by atoms with Crippen molar-refractivity contribution in [3.05, 3.63) is 77.4 Å². The first-order valence-electron chi connectivity index (χ1n) is 8.02. The minimum absolute atomic E-state index is 0.0144. The van der Waals surface area contributed by atoms with Crippen LogP contribution in [0.25, 0.3) is 11.5 Å². The second-order valence-electron chi connectivity index (χ2n) is 5.74. The van der Waals surface area contributed by atoms with Crippen LogP contribution in [0.1, 0.15) is 17.0 Å². The van der Waals surface area contributed by atoms with E-state index in [1.165, 1.54) is 4.68 Å². The number of rotatable bonds is 3. The van der Waals surface area contributed by atoms with E-state index in [9.17, 15) is 5.26 Å². The predicted molar refractivity (Wildman–Crippen MR) is 96.7 cm³/mol. The summed E-state index contributed by atoms with van der Waals surface area (Å²) in [7, 11) is 0. The summed E-state index contributed by atoms with van der Waals surface area (Å²) >= 11 is 0. The molecule has 1 aliphatic rings. The predicted octanol–water partition coefficient (Wildman–Crippen LogP) is 1.48. The molecule has 0 amide bonds. The fourth-order valence-corrected chi connectivity index (χ4v) is 3.00. The molecule has 0 aliphatic carbocycles. The number of hydrogen-bond acceptors (Lipinski definition) is 8. The van der Waals surface area contributed by atoms with Crippen LogP contribution in [0, 0.1) is 11.3 Å². The number of aromatic nitrogens is 5. The molecular weight excluding hydrogens is 344 g/mol. The molecule has 3 heterocycles. The second-order valence-corrected chi connectivity index (χ2v) is 5.74. The Morgan fingerprint density at radius 1 is 1.11 bits per heavy atom. The minimum atomic E-state index is -0.599. The number of anilines is 1. The number of nitrogens with zero attached hydrogens (tertiary/aromatic N) is 6. The number of nitriles is 1. The van der Waals surface area contributed by atoms with Gasteiger partial charge in [0.05, 0.1) is 5.92 Å². The third-order valence-electron chi connectivity index (χ3n) is 4.17. The summed E-state index contributed by atoms with van der Waals surface area (Å²) in [6.45, 7) is 0. The quantitative estimate of drug-likeness (QED) is 0.717. The first-order chi connectivity index (χ1) is 13.2. The highest BCUT2D eigenvalue weighted by molar-refractivity contribution is 5.87. The van der Waals surface area contributed by atoms with Gasteiger partial charge in [-0.3, -0.25) is 4.98 Å². The van der Waals surface area contributed by atoms with E-state index < -0.39 is 5.92 Å². The van der Waals surface area contributed by atoms with E-state index in [1.807, 2.05) is 36.4 Å². The molecule has 1 aliphatic heterocycles. The Morgan fingerprint density at radius 2 is 1.93 bits per heavy atom. The van der Waals surface area contributed by atoms with E-state index in [0.717, 1.165) is 11.1 Å². The zero-order chi connectivity index (χ0) is 18.8. The molecule has 0 bridgehead atoms. The van der Waals surface area contributed by atoms with Crippen LogP contribution in [-0.2, 0) is 4.74 Å². The summed E-state index contributed by atoms with van der Waals surface area (Å²) in [5.74, 6) is -0.104. The molecule has 9 heteroatoms. The lowest BCUT2D eigenvalue weighted by Crippen LogP contribution is -2.24. The Labute approximate surface area is 154 Å². The van der Waals surface area contributed by atoms with Crippen molar-refractivity contribution in [3.63, 3.8) is 0 Å². The number of ether oxygens (including phenoxy) is 1. The topological polar surface area (TPSA) is 142 Å². The standard InChI is InChI=1S/C18H14N8O/c19-9-13-14(12-7-4-8-22-10-12)15(26-18(21)23-24-25-26)16(27-17(13)20)11-5-2-1-3-6-11/h1-8,10,14H,20H2,(H2,21,23,25)/t14-/m0/s1. The van der Waals surface area contributed by atoms with Gasteiger partial charge in [-0.15, -0.1) is 0 Å². The molecule has 9 nitrogen and oxygen atoms in total. The van der Waals surface area contributed by atoms with Crippen molar-refractivity contribution < 1.29 is 4.74 Å². The molecule has 1 aromatic carbocycles. The third-order valence-corrected chi connectivity index (χ3v) is 4.17. The van der Waals surface area contributed by atoms with E-state index in [2.05, 4.69) is 26.6 Å². The van der Waals surface area contributed by atoms with Crippen molar-refractivity contribution in [2.45, 2.75) is 5.92 Å². The largest absolute Gasteiger partial charge is 0.438 e. The molecule has 1 atom stereocenters. The molecule has 0 spiro atoms. The maximum atomic E-state index is 9.73. The van der Waals surface area contributed by atoms with Crippen molar-refractivity contribution in [2.24, 2.45) is 5.73 Å². The number of hydrogen-bond donors (Lipinski definition) is 2. The van der Waals surface area contributed by atoms with Crippen molar-refractivity contribution in [1.82, 2.24) is 25.2 Å². The number of pyridine rings is 1. The Bertz CT molecular complexity index is 1080. The molecule has 0 saturated heterocycles. The van der Waals surface area contributed by atoms with Gasteiger partial charge in [0.25, 0.3) is 0 Å². The first kappa shape index (κ1) is 16.3. The monoisotopic (exact) mass is 358 g/mol. The van der Waals surface area contributed by atoms with Gasteiger partial charge in [0, 0.05) is 18.0 Å². The van der Waals surface area contributed by atoms with Crippen LogP contribution in [-0.4, -0.2) is 25.2 Å². The number of tetrazole rings is 1. The van der Waals surface area contributed by atoms with E-state index in [0.29, 0.717) is 11.5 Å². The van der Waals surface area contributed by atoms with Gasteiger partial charge in [0.15, 0.2) is 5.76 Å². The molecule has 4 N–H and O–H groups in total. The smallest absolute Gasteiger partial charge is 0.244 e. The molecule has 0 radical (unpaired) electrons. The molecule has 3 aromatic rings. The normalized spacial score (nSPS) is 16.8. The maximum absolute atomic E-state index is 9.73. The summed E-state index contributed by atoms with van der Waals surface area (Å²) in [6, 6.07) is 15.1. The lowest BCUT2D eigenvalue weighted by molar-refractivity contribution is 0.360. The Balaban J connectivity index is 2.04. The zero-order valence-electron chi connectivity index (χ0n) is 14.0. The molecular formula is C18H14N8O. The minimum Gasteiger partial charge on any atom is -0.438 e. The Morgan fingerprint density at radius 3 is 2.56 bits per heavy atom. The van der Waals surface area contributed by atoms with Crippen molar-refractivity contribution >= 4 is 17.4 Å². The van der Waals surface area contributed by atoms with E-state index in [4.69, 9.17) is 16.2 Å². The van der Waals surface area contributed by atoms with E-state index >= 15 is 0 Å². The lowest BCUT2D eigenvalue weighted by atomic mass is 9.86. The van der Waals surface area contributed by atoms with Crippen LogP contribution in [0.4, 0.5) is 5.95 Å². The van der Waals surface area contributed by atoms with Gasteiger partial charge in [-0.1, -0.05) is 41.5 Å². The molecule has 0 unspecified atom stereocenters. The molecule has 4 rings (SSSR count). The van der Waals surface area contributed by atoms with Crippen LogP contribution < -0.4 is 11.5 Å². The molecule has 0 saturated carbocycles. The van der Waals surface area contributed by atoms with E-state index in [-0.39, 0.29) is 17.4 Å². The van der Waals surface area contributed by atoms with Gasteiger partial charge >= 0.3 is 0 Å². The van der Waals surface area contributed by atoms with Crippen LogP contribution in [0.2, 0.25) is 0 Å². The zero-order valence-corrected chi connectivity index (χ0v) is 14.0. The highest BCUT2D eigenvalue weighted by Gasteiger charge is 2.36. The summed E-state index contributed by atoms with van der Waals surface area (Å²) in [5.41, 5.74) is 14.3. The Kier molecular flexibility index (Phi) is 3.99. The summed E-state index contributed by atoms with van der Waals surface area (Å²) < 4.78 is 7.19. The molecule has 0 fully saturated rings. The fourth-order valence-electron chi connectivity index (χ4n) is 3.00. The number of allylic oxidation sites excluding steroid dienone is 2. The van der Waals surface area contributed by atoms with Gasteiger partial charge in [-0.25, -0.2) is 0 Å². The number of benzene rings is 1. The molecule has 132 valence electrons. The van der Waals surface area contributed by atoms with Gasteiger partial charge in [-0.05, 0) is 22.1 Å². The lowest BCUT2D eigenvalue weighted by Gasteiger charge is -2.28. The summed E-state index contributed by atoms with van der Waals surface area (Å²) in [4.78, 5) is 4.16. The van der Waals surface area contributed by atoms with Crippen LogP contribution >= 0.6 is 0 Å². The van der Waals surface area contributed by atoms with Gasteiger partial charge < -0.3 is 16.2 Å². The maximum Gasteiger partial charge on any atom is 0.244 e. The second kappa shape index (κ2) is 6.61. The third kappa shape index (κ3) is 2.75. The number of nitrogen functional groups attached to an aromatic ring is 1. The van der Waals surface area contributed by atoms with Gasteiger partial charge in [0.1, 0.15) is 17.3 Å². The van der Waals surface area contributed by atoms with Crippen molar-refractivity contribution in [3.8, 4) is 6.07 Å². The van der Waals surface area contributed by atoms with Crippen molar-refractivity contribution in [2.75, 3.05) is 5.73 Å². The average molecular weight is 358 g/mol. The summed E-state index contributed by atoms with van der Waals surface area (Å²) in [6.07, 6.45) is 3.30. The molecule has 27 heavy (non-hydrogen) atoms. The molecule has 2 aromatic heterocycles. The van der Waals surface area contributed by atoms with Crippen molar-refractivity contribution in [1.29, 1.82) is 5.26 Å². The van der Waals surface area contributed by atoms with Gasteiger partial charge in [0.2, 0.25) is 11.8 Å². The Hall–Kier alpha value is -4.19. The van der Waals surface area contributed by atoms with E-state index in [1.54, 1.807) is 18.5 Å². The number of nitrogens with two attached hydrogens (primary N) is 2. The fraction of sp³-hybridized carbons (Fsp3) is 0.0556. The van der Waals surface area contributed by atoms with Gasteiger partial charge in [-0.2, -0.15) is 9.94 Å². The highest BCUT2D eigenvalue weighted by Crippen LogP contribution is 2.44.